The SMILES string of the molecule is O=C(Cc1cccc(Cl)c1Cl)c1csc2ccccc12. The molecule has 100 valence electrons. The van der Waals surface area contributed by atoms with E-state index in [-0.39, 0.29) is 12.2 Å². The first-order chi connectivity index (χ1) is 9.66. The molecule has 0 amide bonds. The van der Waals surface area contributed by atoms with Gasteiger partial charge in [0.05, 0.1) is 10.0 Å². The molecule has 0 saturated carbocycles. The van der Waals surface area contributed by atoms with E-state index in [0.29, 0.717) is 10.0 Å². The molecule has 0 radical (unpaired) electrons. The van der Waals surface area contributed by atoms with Crippen molar-refractivity contribution in [2.75, 3.05) is 0 Å². The van der Waals surface area contributed by atoms with Gasteiger partial charge < -0.3 is 0 Å². The molecule has 0 aliphatic rings. The highest BCUT2D eigenvalue weighted by atomic mass is 35.5. The average Bonchev–Trinajstić information content (AvgIpc) is 2.88. The van der Waals surface area contributed by atoms with Crippen molar-refractivity contribution in [1.29, 1.82) is 0 Å². The standard InChI is InChI=1S/C16H10Cl2OS/c17-13-6-3-4-10(16(13)18)8-14(19)12-9-20-15-7-2-1-5-11(12)15/h1-7,9H,8H2. The summed E-state index contributed by atoms with van der Waals surface area (Å²) in [6.45, 7) is 0. The number of hydrogen-bond acceptors (Lipinski definition) is 2. The maximum Gasteiger partial charge on any atom is 0.168 e. The Bertz CT molecular complexity index is 792. The predicted molar refractivity (Wildman–Crippen MR) is 86.3 cm³/mol. The summed E-state index contributed by atoms with van der Waals surface area (Å²) in [5.74, 6) is 0.0617. The summed E-state index contributed by atoms with van der Waals surface area (Å²) in [6, 6.07) is 13.3. The highest BCUT2D eigenvalue weighted by Gasteiger charge is 2.14. The quantitative estimate of drug-likeness (QED) is 0.571. The van der Waals surface area contributed by atoms with Crippen molar-refractivity contribution in [3.63, 3.8) is 0 Å². The Balaban J connectivity index is 1.95. The summed E-state index contributed by atoms with van der Waals surface area (Å²) in [6.07, 6.45) is 0.264. The molecule has 0 bridgehead atoms. The Kier molecular flexibility index (Phi) is 3.79. The van der Waals surface area contributed by atoms with Crippen molar-refractivity contribution in [3.05, 3.63) is 69.0 Å². The molecule has 0 fully saturated rings. The monoisotopic (exact) mass is 320 g/mol. The van der Waals surface area contributed by atoms with E-state index in [2.05, 4.69) is 0 Å². The van der Waals surface area contributed by atoms with Gasteiger partial charge in [-0.3, -0.25) is 4.79 Å². The summed E-state index contributed by atoms with van der Waals surface area (Å²) in [7, 11) is 0. The average molecular weight is 321 g/mol. The summed E-state index contributed by atoms with van der Waals surface area (Å²) in [4.78, 5) is 12.5. The second-order valence-electron chi connectivity index (χ2n) is 4.46. The van der Waals surface area contributed by atoms with Crippen molar-refractivity contribution in [3.8, 4) is 0 Å². The largest absolute Gasteiger partial charge is 0.294 e. The van der Waals surface area contributed by atoms with Gasteiger partial charge in [-0.1, -0.05) is 53.5 Å². The maximum absolute atomic E-state index is 12.5. The Morgan fingerprint density at radius 2 is 1.85 bits per heavy atom. The summed E-state index contributed by atoms with van der Waals surface area (Å²) < 4.78 is 1.12. The molecule has 0 aliphatic carbocycles. The normalized spacial score (nSPS) is 10.9. The first kappa shape index (κ1) is 13.6. The van der Waals surface area contributed by atoms with E-state index in [0.717, 1.165) is 21.2 Å². The number of rotatable bonds is 3. The molecule has 0 N–H and O–H groups in total. The fourth-order valence-corrected chi connectivity index (χ4v) is 3.50. The number of hydrogen-bond donors (Lipinski definition) is 0. The smallest absolute Gasteiger partial charge is 0.168 e. The second kappa shape index (κ2) is 5.57. The van der Waals surface area contributed by atoms with Gasteiger partial charge in [0.2, 0.25) is 0 Å². The summed E-state index contributed by atoms with van der Waals surface area (Å²) >= 11 is 13.7. The minimum absolute atomic E-state index is 0.0617. The predicted octanol–water partition coefficient (Wildman–Crippen LogP) is 5.63. The zero-order valence-corrected chi connectivity index (χ0v) is 12.7. The van der Waals surface area contributed by atoms with Crippen LogP contribution in [0.5, 0.6) is 0 Å². The number of carbonyl (C=O) groups is 1. The van der Waals surface area contributed by atoms with E-state index in [1.54, 1.807) is 17.4 Å². The fraction of sp³-hybridized carbons (Fsp3) is 0.0625. The minimum Gasteiger partial charge on any atom is -0.294 e. The number of halogens is 2. The van der Waals surface area contributed by atoms with Gasteiger partial charge in [-0.05, 0) is 17.7 Å². The third kappa shape index (κ3) is 2.47. The molecule has 0 atom stereocenters. The zero-order valence-electron chi connectivity index (χ0n) is 10.4. The van der Waals surface area contributed by atoms with Crippen LogP contribution in [0.3, 0.4) is 0 Å². The molecule has 0 saturated heterocycles. The zero-order chi connectivity index (χ0) is 14.1. The third-order valence-corrected chi connectivity index (χ3v) is 4.99. The van der Waals surface area contributed by atoms with E-state index in [1.807, 2.05) is 41.8 Å². The Labute approximate surface area is 130 Å². The third-order valence-electron chi connectivity index (χ3n) is 3.16. The molecule has 0 unspecified atom stereocenters. The van der Waals surface area contributed by atoms with Crippen molar-refractivity contribution in [2.24, 2.45) is 0 Å². The van der Waals surface area contributed by atoms with Crippen molar-refractivity contribution < 1.29 is 4.79 Å². The number of ketones is 1. The molecular weight excluding hydrogens is 311 g/mol. The molecule has 4 heteroatoms. The number of thiophene rings is 1. The van der Waals surface area contributed by atoms with Gasteiger partial charge in [-0.15, -0.1) is 11.3 Å². The van der Waals surface area contributed by atoms with Crippen LogP contribution < -0.4 is 0 Å². The molecule has 20 heavy (non-hydrogen) atoms. The van der Waals surface area contributed by atoms with Crippen molar-refractivity contribution in [1.82, 2.24) is 0 Å². The van der Waals surface area contributed by atoms with Crippen molar-refractivity contribution >= 4 is 50.4 Å². The van der Waals surface area contributed by atoms with Crippen LogP contribution >= 0.6 is 34.5 Å². The van der Waals surface area contributed by atoms with Crippen LogP contribution in [-0.4, -0.2) is 5.78 Å². The van der Waals surface area contributed by atoms with E-state index in [9.17, 15) is 4.79 Å². The lowest BCUT2D eigenvalue weighted by molar-refractivity contribution is 0.0995. The molecule has 3 aromatic rings. The van der Waals surface area contributed by atoms with Gasteiger partial charge >= 0.3 is 0 Å². The van der Waals surface area contributed by atoms with E-state index < -0.39 is 0 Å². The van der Waals surface area contributed by atoms with Gasteiger partial charge in [-0.25, -0.2) is 0 Å². The van der Waals surface area contributed by atoms with E-state index in [4.69, 9.17) is 23.2 Å². The minimum atomic E-state index is 0.0617. The molecule has 0 aliphatic heterocycles. The first-order valence-electron chi connectivity index (χ1n) is 6.09. The molecule has 1 nitrogen and oxygen atoms in total. The number of fused-ring (bicyclic) bond motifs is 1. The highest BCUT2D eigenvalue weighted by Crippen LogP contribution is 2.29. The molecule has 2 aromatic carbocycles. The maximum atomic E-state index is 12.5. The Hall–Kier alpha value is -1.35. The topological polar surface area (TPSA) is 17.1 Å². The van der Waals surface area contributed by atoms with Crippen LogP contribution in [-0.2, 0) is 6.42 Å². The van der Waals surface area contributed by atoms with Gasteiger partial charge in [0.25, 0.3) is 0 Å². The van der Waals surface area contributed by atoms with Crippen LogP contribution in [0.1, 0.15) is 15.9 Å². The lowest BCUT2D eigenvalue weighted by Crippen LogP contribution is -2.03. The summed E-state index contributed by atoms with van der Waals surface area (Å²) in [5, 5.41) is 3.85. The van der Waals surface area contributed by atoms with E-state index in [1.165, 1.54) is 0 Å². The summed E-state index contributed by atoms with van der Waals surface area (Å²) in [5.41, 5.74) is 1.51. The lowest BCUT2D eigenvalue weighted by atomic mass is 10.0. The van der Waals surface area contributed by atoms with Crippen molar-refractivity contribution in [2.45, 2.75) is 6.42 Å². The molecule has 1 heterocycles. The van der Waals surface area contributed by atoms with Crippen LogP contribution in [0.15, 0.2) is 47.8 Å². The van der Waals surface area contributed by atoms with Gasteiger partial charge in [0, 0.05) is 27.5 Å². The van der Waals surface area contributed by atoms with Gasteiger partial charge in [0.1, 0.15) is 0 Å². The number of carbonyl (C=O) groups excluding carboxylic acids is 1. The van der Waals surface area contributed by atoms with Crippen LogP contribution in [0.25, 0.3) is 10.1 Å². The molecule has 0 spiro atoms. The highest BCUT2D eigenvalue weighted by molar-refractivity contribution is 7.17. The molecular formula is C16H10Cl2OS. The second-order valence-corrected chi connectivity index (χ2v) is 6.15. The molecule has 3 rings (SSSR count). The Morgan fingerprint density at radius 3 is 2.70 bits per heavy atom. The fourth-order valence-electron chi connectivity index (χ4n) is 2.15. The van der Waals surface area contributed by atoms with Crippen LogP contribution in [0.4, 0.5) is 0 Å². The van der Waals surface area contributed by atoms with Crippen LogP contribution in [0.2, 0.25) is 10.0 Å². The van der Waals surface area contributed by atoms with E-state index >= 15 is 0 Å². The Morgan fingerprint density at radius 1 is 1.05 bits per heavy atom. The number of benzene rings is 2. The van der Waals surface area contributed by atoms with Gasteiger partial charge in [0.15, 0.2) is 5.78 Å². The number of Topliss-reactive ketones (excluding diaryl/α,β-unsaturated/α-hetero) is 1. The van der Waals surface area contributed by atoms with Crippen LogP contribution in [0, 0.1) is 0 Å². The first-order valence-corrected chi connectivity index (χ1v) is 7.72. The lowest BCUT2D eigenvalue weighted by Gasteiger charge is -2.04. The molecule has 1 aromatic heterocycles. The van der Waals surface area contributed by atoms with Gasteiger partial charge in [-0.2, -0.15) is 0 Å².